The van der Waals surface area contributed by atoms with Crippen LogP contribution in [-0.4, -0.2) is 50.8 Å². The van der Waals surface area contributed by atoms with Crippen molar-refractivity contribution in [2.45, 2.75) is 19.8 Å². The summed E-state index contributed by atoms with van der Waals surface area (Å²) < 4.78 is 5.15. The molecule has 0 aromatic carbocycles. The zero-order valence-electron chi connectivity index (χ0n) is 12.2. The molecule has 0 atom stereocenters. The number of hydrogen-bond acceptors (Lipinski definition) is 7. The van der Waals surface area contributed by atoms with E-state index in [0.29, 0.717) is 17.5 Å². The number of ether oxygens (including phenoxy) is 1. The zero-order valence-corrected chi connectivity index (χ0v) is 13.0. The molecule has 1 aromatic heterocycles. The van der Waals surface area contributed by atoms with Crippen molar-refractivity contribution in [1.29, 1.82) is 0 Å². The predicted molar refractivity (Wildman–Crippen MR) is 82.2 cm³/mol. The average molecular weight is 323 g/mol. The summed E-state index contributed by atoms with van der Waals surface area (Å²) in [4.78, 5) is 32.7. The second kappa shape index (κ2) is 8.32. The average Bonchev–Trinajstić information content (AvgIpc) is 2.90. The van der Waals surface area contributed by atoms with E-state index in [2.05, 4.69) is 27.4 Å². The first-order valence-electron chi connectivity index (χ1n) is 6.89. The molecule has 9 heteroatoms. The van der Waals surface area contributed by atoms with Gasteiger partial charge in [0, 0.05) is 18.9 Å². The van der Waals surface area contributed by atoms with E-state index in [-0.39, 0.29) is 18.4 Å². The van der Waals surface area contributed by atoms with Gasteiger partial charge in [-0.05, 0) is 6.42 Å². The zero-order chi connectivity index (χ0) is 15.8. The van der Waals surface area contributed by atoms with Crippen LogP contribution < -0.4 is 10.2 Å². The van der Waals surface area contributed by atoms with Gasteiger partial charge in [-0.25, -0.2) is 10.4 Å². The molecule has 1 saturated heterocycles. The fourth-order valence-corrected chi connectivity index (χ4v) is 2.53. The Balaban J connectivity index is 1.82. The van der Waals surface area contributed by atoms with Crippen molar-refractivity contribution in [3.63, 3.8) is 0 Å². The van der Waals surface area contributed by atoms with Gasteiger partial charge in [-0.2, -0.15) is 0 Å². The maximum absolute atomic E-state index is 11.7. The van der Waals surface area contributed by atoms with E-state index in [9.17, 15) is 9.59 Å². The molecule has 1 aromatic rings. The molecule has 0 aliphatic carbocycles. The fraction of sp³-hybridized carbons (Fsp3) is 0.462. The number of unbranched alkanes of at least 4 members (excludes halogenated alkanes) is 1. The van der Waals surface area contributed by atoms with Gasteiger partial charge in [-0.15, -0.1) is 5.10 Å². The summed E-state index contributed by atoms with van der Waals surface area (Å²) in [6, 6.07) is 0. The Bertz CT molecular complexity index is 552. The minimum absolute atomic E-state index is 0.0160. The smallest absolute Gasteiger partial charge is 0.278 e. The lowest BCUT2D eigenvalue weighted by atomic mass is 10.3. The number of aromatic nitrogens is 2. The van der Waals surface area contributed by atoms with E-state index < -0.39 is 5.91 Å². The number of thioether (sulfide) groups is 1. The molecule has 0 radical (unpaired) electrons. The highest BCUT2D eigenvalue weighted by molar-refractivity contribution is 8.15. The van der Waals surface area contributed by atoms with Crippen LogP contribution in [0.3, 0.4) is 0 Å². The molecule has 2 amide bonds. The third kappa shape index (κ3) is 4.69. The monoisotopic (exact) mass is 323 g/mol. The summed E-state index contributed by atoms with van der Waals surface area (Å²) in [5.74, 6) is 0.213. The molecule has 2 heterocycles. The Morgan fingerprint density at radius 2 is 2.41 bits per heavy atom. The van der Waals surface area contributed by atoms with E-state index in [1.54, 1.807) is 4.90 Å². The largest absolute Gasteiger partial charge is 0.466 e. The Kier molecular flexibility index (Phi) is 6.13. The van der Waals surface area contributed by atoms with Crippen molar-refractivity contribution in [2.24, 2.45) is 5.10 Å². The van der Waals surface area contributed by atoms with Crippen LogP contribution in [0.2, 0.25) is 0 Å². The van der Waals surface area contributed by atoms with Gasteiger partial charge >= 0.3 is 0 Å². The van der Waals surface area contributed by atoms with Gasteiger partial charge in [-0.1, -0.05) is 25.1 Å². The van der Waals surface area contributed by atoms with Crippen LogP contribution in [-0.2, 0) is 9.59 Å². The van der Waals surface area contributed by atoms with Crippen LogP contribution in [0, 0.1) is 0 Å². The molecule has 0 saturated carbocycles. The van der Waals surface area contributed by atoms with Crippen molar-refractivity contribution >= 4 is 28.7 Å². The molecule has 1 aliphatic heterocycles. The lowest BCUT2D eigenvalue weighted by Gasteiger charge is -2.14. The molecule has 0 unspecified atom stereocenters. The van der Waals surface area contributed by atoms with Crippen LogP contribution in [0.25, 0.3) is 0 Å². The lowest BCUT2D eigenvalue weighted by molar-refractivity contribution is -0.125. The van der Waals surface area contributed by atoms with Gasteiger partial charge in [0.1, 0.15) is 0 Å². The van der Waals surface area contributed by atoms with Crippen LogP contribution in [0.5, 0.6) is 5.88 Å². The molecule has 1 fully saturated rings. The highest BCUT2D eigenvalue weighted by Crippen LogP contribution is 2.19. The summed E-state index contributed by atoms with van der Waals surface area (Å²) in [5.41, 5.74) is 2.38. The standard InChI is InChI=1S/C13H17N5O3S/c1-2-3-6-18-12(20)9-22-13(18)17-16-10(19)8-21-11-7-14-4-5-15-11/h4-5,7H,2-3,6,8-9H2,1H3,(H,16,19)/b17-13-. The summed E-state index contributed by atoms with van der Waals surface area (Å²) in [7, 11) is 0. The van der Waals surface area contributed by atoms with Crippen molar-refractivity contribution in [3.8, 4) is 5.88 Å². The Hall–Kier alpha value is -2.16. The number of carbonyl (C=O) groups is 2. The molecular formula is C13H17N5O3S. The topological polar surface area (TPSA) is 96.8 Å². The van der Waals surface area contributed by atoms with Crippen LogP contribution in [0.4, 0.5) is 0 Å². The van der Waals surface area contributed by atoms with E-state index in [4.69, 9.17) is 4.74 Å². The number of amides is 2. The Morgan fingerprint density at radius 1 is 1.55 bits per heavy atom. The summed E-state index contributed by atoms with van der Waals surface area (Å²) in [5, 5.41) is 4.51. The third-order valence-corrected chi connectivity index (χ3v) is 3.72. The van der Waals surface area contributed by atoms with Gasteiger partial charge < -0.3 is 4.74 Å². The second-order valence-electron chi connectivity index (χ2n) is 4.45. The highest BCUT2D eigenvalue weighted by Gasteiger charge is 2.27. The predicted octanol–water partition coefficient (Wildman–Crippen LogP) is 0.618. The Morgan fingerprint density at radius 3 is 3.14 bits per heavy atom. The first kappa shape index (κ1) is 16.2. The normalized spacial score (nSPS) is 16.1. The summed E-state index contributed by atoms with van der Waals surface area (Å²) in [6.45, 7) is 2.45. The number of carbonyl (C=O) groups excluding carboxylic acids is 2. The molecule has 0 spiro atoms. The number of nitrogens with zero attached hydrogens (tertiary/aromatic N) is 4. The van der Waals surface area contributed by atoms with Crippen LogP contribution in [0.1, 0.15) is 19.8 Å². The molecular weight excluding hydrogens is 306 g/mol. The number of hydrazone groups is 1. The maximum Gasteiger partial charge on any atom is 0.278 e. The second-order valence-corrected chi connectivity index (χ2v) is 5.39. The molecule has 118 valence electrons. The number of hydrogen-bond donors (Lipinski definition) is 1. The number of nitrogens with one attached hydrogen (secondary N) is 1. The minimum Gasteiger partial charge on any atom is -0.466 e. The van der Waals surface area contributed by atoms with Gasteiger partial charge in [0.15, 0.2) is 11.8 Å². The van der Waals surface area contributed by atoms with Crippen LogP contribution in [0.15, 0.2) is 23.7 Å². The van der Waals surface area contributed by atoms with Crippen molar-refractivity contribution in [2.75, 3.05) is 18.9 Å². The molecule has 8 nitrogen and oxygen atoms in total. The fourth-order valence-electron chi connectivity index (χ4n) is 1.66. The number of amidine groups is 1. The van der Waals surface area contributed by atoms with E-state index >= 15 is 0 Å². The van der Waals surface area contributed by atoms with Gasteiger partial charge in [0.25, 0.3) is 5.91 Å². The first-order chi connectivity index (χ1) is 10.7. The number of rotatable bonds is 7. The van der Waals surface area contributed by atoms with Crippen molar-refractivity contribution in [1.82, 2.24) is 20.3 Å². The molecule has 0 bridgehead atoms. The lowest BCUT2D eigenvalue weighted by Crippen LogP contribution is -2.33. The summed E-state index contributed by atoms with van der Waals surface area (Å²) in [6.07, 6.45) is 6.28. The highest BCUT2D eigenvalue weighted by atomic mass is 32.2. The van der Waals surface area contributed by atoms with E-state index in [0.717, 1.165) is 12.8 Å². The molecule has 1 aliphatic rings. The van der Waals surface area contributed by atoms with Gasteiger partial charge in [0.2, 0.25) is 11.8 Å². The first-order valence-corrected chi connectivity index (χ1v) is 7.87. The quantitative estimate of drug-likeness (QED) is 0.739. The third-order valence-electron chi connectivity index (χ3n) is 2.76. The van der Waals surface area contributed by atoms with Gasteiger partial charge in [0.05, 0.1) is 11.9 Å². The molecule has 2 rings (SSSR count). The summed E-state index contributed by atoms with van der Waals surface area (Å²) >= 11 is 1.31. The van der Waals surface area contributed by atoms with Gasteiger partial charge in [-0.3, -0.25) is 19.5 Å². The van der Waals surface area contributed by atoms with Crippen LogP contribution >= 0.6 is 11.8 Å². The maximum atomic E-state index is 11.7. The molecule has 22 heavy (non-hydrogen) atoms. The molecule has 1 N–H and O–H groups in total. The van der Waals surface area contributed by atoms with E-state index in [1.807, 2.05) is 0 Å². The van der Waals surface area contributed by atoms with E-state index in [1.165, 1.54) is 30.4 Å². The van der Waals surface area contributed by atoms with Crippen molar-refractivity contribution < 1.29 is 14.3 Å². The minimum atomic E-state index is -0.423. The SMILES string of the molecule is CCCCN1C(=O)CS/C1=N\NC(=O)COc1cnccn1. The Labute approximate surface area is 132 Å². The van der Waals surface area contributed by atoms with Crippen molar-refractivity contribution in [3.05, 3.63) is 18.6 Å².